The first-order chi connectivity index (χ1) is 12.5. The molecule has 0 amide bonds. The van der Waals surface area contributed by atoms with Crippen LogP contribution in [0.3, 0.4) is 0 Å². The van der Waals surface area contributed by atoms with Gasteiger partial charge in [0.2, 0.25) is 0 Å². The largest absolute Gasteiger partial charge is 0.292 e. The minimum Gasteiger partial charge on any atom is -0.292 e. The SMILES string of the molecule is O=C1C2=C(C(=O)[C@]3(Cl)[C@H]4CCCCCC[C@H]4[C@]13Cl)[C@@H]1CCCCCC[C@H]21. The molecule has 5 aliphatic rings. The minimum atomic E-state index is -1.17. The van der Waals surface area contributed by atoms with Crippen molar-refractivity contribution in [2.24, 2.45) is 23.7 Å². The Bertz CT molecular complexity index is 640. The lowest BCUT2D eigenvalue weighted by Crippen LogP contribution is -2.80. The topological polar surface area (TPSA) is 34.1 Å². The normalized spacial score (nSPS) is 48.4. The number of Topliss-reactive ketones (excluding diaryl/α,β-unsaturated/α-hetero) is 2. The number of halogens is 2. The maximum absolute atomic E-state index is 13.6. The highest BCUT2D eigenvalue weighted by molar-refractivity contribution is 6.56. The third-order valence-corrected chi connectivity index (χ3v) is 9.86. The second-order valence-corrected chi connectivity index (χ2v) is 10.5. The number of alkyl halides is 2. The monoisotopic (exact) mass is 394 g/mol. The number of rotatable bonds is 0. The van der Waals surface area contributed by atoms with Crippen molar-refractivity contribution in [3.05, 3.63) is 11.1 Å². The number of fused-ring (bicyclic) bond motifs is 7. The van der Waals surface area contributed by atoms with Gasteiger partial charge < -0.3 is 0 Å². The predicted molar refractivity (Wildman–Crippen MR) is 104 cm³/mol. The van der Waals surface area contributed by atoms with Crippen LogP contribution in [-0.4, -0.2) is 21.3 Å². The van der Waals surface area contributed by atoms with Gasteiger partial charge in [0.1, 0.15) is 9.75 Å². The quantitative estimate of drug-likeness (QED) is 0.501. The molecule has 0 unspecified atom stereocenters. The molecule has 0 aliphatic heterocycles. The molecular formula is C22H28Cl2O2. The van der Waals surface area contributed by atoms with Gasteiger partial charge in [-0.15, -0.1) is 23.2 Å². The van der Waals surface area contributed by atoms with Crippen LogP contribution in [0.15, 0.2) is 11.1 Å². The highest BCUT2D eigenvalue weighted by Gasteiger charge is 2.80. The molecule has 0 aromatic heterocycles. The zero-order chi connectivity index (χ0) is 18.1. The highest BCUT2D eigenvalue weighted by Crippen LogP contribution is 2.71. The molecule has 142 valence electrons. The second kappa shape index (κ2) is 6.08. The Morgan fingerprint density at radius 3 is 1.31 bits per heavy atom. The van der Waals surface area contributed by atoms with Gasteiger partial charge in [-0.1, -0.05) is 51.4 Å². The van der Waals surface area contributed by atoms with Gasteiger partial charge in [-0.2, -0.15) is 0 Å². The maximum Gasteiger partial charge on any atom is 0.183 e. The third-order valence-electron chi connectivity index (χ3n) is 8.27. The minimum absolute atomic E-state index is 0.0346. The van der Waals surface area contributed by atoms with E-state index in [1.54, 1.807) is 0 Å². The Hall–Kier alpha value is -0.340. The molecule has 0 N–H and O–H groups in total. The van der Waals surface area contributed by atoms with Crippen molar-refractivity contribution in [3.8, 4) is 0 Å². The van der Waals surface area contributed by atoms with Crippen LogP contribution < -0.4 is 0 Å². The number of allylic oxidation sites excluding steroid dienone is 2. The zero-order valence-electron chi connectivity index (χ0n) is 15.4. The van der Waals surface area contributed by atoms with Crippen molar-refractivity contribution < 1.29 is 9.59 Å². The van der Waals surface area contributed by atoms with Crippen LogP contribution >= 0.6 is 23.2 Å². The molecule has 0 spiro atoms. The van der Waals surface area contributed by atoms with Gasteiger partial charge in [-0.25, -0.2) is 0 Å². The van der Waals surface area contributed by atoms with E-state index in [4.69, 9.17) is 23.2 Å². The van der Waals surface area contributed by atoms with E-state index in [2.05, 4.69) is 0 Å². The predicted octanol–water partition coefficient (Wildman–Crippen LogP) is 5.59. The van der Waals surface area contributed by atoms with Crippen LogP contribution in [0.1, 0.15) is 77.0 Å². The number of hydrogen-bond acceptors (Lipinski definition) is 2. The summed E-state index contributed by atoms with van der Waals surface area (Å²) in [6, 6.07) is 0. The molecule has 0 aromatic rings. The van der Waals surface area contributed by atoms with E-state index >= 15 is 0 Å². The lowest BCUT2D eigenvalue weighted by molar-refractivity contribution is -0.146. The third kappa shape index (κ3) is 1.96. The van der Waals surface area contributed by atoms with Gasteiger partial charge in [0, 0.05) is 11.1 Å². The van der Waals surface area contributed by atoms with Gasteiger partial charge in [0.05, 0.1) is 0 Å². The first kappa shape index (κ1) is 17.7. The van der Waals surface area contributed by atoms with Gasteiger partial charge in [-0.3, -0.25) is 9.59 Å². The van der Waals surface area contributed by atoms with Crippen LogP contribution in [0, 0.1) is 23.7 Å². The van der Waals surface area contributed by atoms with Crippen molar-refractivity contribution >= 4 is 34.8 Å². The molecule has 3 saturated carbocycles. The van der Waals surface area contributed by atoms with Crippen molar-refractivity contribution in [3.63, 3.8) is 0 Å². The molecule has 0 aromatic carbocycles. The van der Waals surface area contributed by atoms with Crippen molar-refractivity contribution in [1.29, 1.82) is 0 Å². The summed E-state index contributed by atoms with van der Waals surface area (Å²) in [5, 5.41) is 0. The Balaban J connectivity index is 1.57. The zero-order valence-corrected chi connectivity index (χ0v) is 16.9. The van der Waals surface area contributed by atoms with Crippen LogP contribution in [0.4, 0.5) is 0 Å². The van der Waals surface area contributed by atoms with E-state index in [9.17, 15) is 9.59 Å². The van der Waals surface area contributed by atoms with Crippen LogP contribution in [0.5, 0.6) is 0 Å². The summed E-state index contributed by atoms with van der Waals surface area (Å²) >= 11 is 14.1. The number of ketones is 2. The molecule has 6 atom stereocenters. The van der Waals surface area contributed by atoms with Crippen molar-refractivity contribution in [2.45, 2.75) is 86.8 Å². The molecule has 0 saturated heterocycles. The summed E-state index contributed by atoms with van der Waals surface area (Å²) in [5.74, 6) is 0.775. The van der Waals surface area contributed by atoms with Crippen LogP contribution in [0.2, 0.25) is 0 Å². The second-order valence-electron chi connectivity index (χ2n) is 9.32. The summed E-state index contributed by atoms with van der Waals surface area (Å²) in [7, 11) is 0. The van der Waals surface area contributed by atoms with Gasteiger partial charge in [-0.05, 0) is 49.4 Å². The van der Waals surface area contributed by atoms with Gasteiger partial charge in [0.25, 0.3) is 0 Å². The summed E-state index contributed by atoms with van der Waals surface area (Å²) < 4.78 is 0. The summed E-state index contributed by atoms with van der Waals surface area (Å²) in [5.41, 5.74) is 1.60. The van der Waals surface area contributed by atoms with Gasteiger partial charge in [0.15, 0.2) is 11.6 Å². The Morgan fingerprint density at radius 2 is 0.923 bits per heavy atom. The van der Waals surface area contributed by atoms with E-state index in [0.717, 1.165) is 62.5 Å². The lowest BCUT2D eigenvalue weighted by Gasteiger charge is -2.67. The molecular weight excluding hydrogens is 367 g/mol. The molecule has 4 heteroatoms. The van der Waals surface area contributed by atoms with Crippen molar-refractivity contribution in [2.75, 3.05) is 0 Å². The molecule has 0 radical (unpaired) electrons. The smallest absolute Gasteiger partial charge is 0.183 e. The Labute approximate surface area is 166 Å². The molecule has 5 aliphatic carbocycles. The number of carbonyl (C=O) groups excluding carboxylic acids is 2. The van der Waals surface area contributed by atoms with Crippen molar-refractivity contribution in [1.82, 2.24) is 0 Å². The van der Waals surface area contributed by atoms with E-state index in [-0.39, 0.29) is 35.2 Å². The fourth-order valence-corrected chi connectivity index (χ4v) is 8.18. The summed E-state index contributed by atoms with van der Waals surface area (Å²) in [6.07, 6.45) is 13.4. The molecule has 26 heavy (non-hydrogen) atoms. The maximum atomic E-state index is 13.6. The lowest BCUT2D eigenvalue weighted by atomic mass is 9.42. The van der Waals surface area contributed by atoms with E-state index in [1.165, 1.54) is 25.7 Å². The molecule has 5 rings (SSSR count). The van der Waals surface area contributed by atoms with E-state index in [1.807, 2.05) is 0 Å². The first-order valence-corrected chi connectivity index (χ1v) is 11.5. The fraction of sp³-hybridized carbons (Fsp3) is 0.818. The first-order valence-electron chi connectivity index (χ1n) is 10.7. The van der Waals surface area contributed by atoms with E-state index < -0.39 is 9.75 Å². The summed E-state index contributed by atoms with van der Waals surface area (Å²) in [6.45, 7) is 0. The van der Waals surface area contributed by atoms with E-state index in [0.29, 0.717) is 0 Å². The Kier molecular flexibility index (Phi) is 4.15. The Morgan fingerprint density at radius 1 is 0.577 bits per heavy atom. The molecule has 3 fully saturated rings. The number of hydrogen-bond donors (Lipinski definition) is 0. The van der Waals surface area contributed by atoms with Crippen LogP contribution in [0.25, 0.3) is 0 Å². The highest BCUT2D eigenvalue weighted by atomic mass is 35.5. The fourth-order valence-electron chi connectivity index (χ4n) is 7.00. The standard InChI is InChI=1S/C22H28Cl2O2/c23-21-15-11-7-3-4-8-12-16(15)22(21,24)20(26)18-14-10-6-2-1-5-9-13(14)17(18)19(21)25/h13-16H,1-12H2/t13-,14+,15+,16-,21-,22+. The summed E-state index contributed by atoms with van der Waals surface area (Å²) in [4.78, 5) is 24.9. The molecule has 2 nitrogen and oxygen atoms in total. The van der Waals surface area contributed by atoms with Crippen LogP contribution in [-0.2, 0) is 9.59 Å². The molecule has 0 bridgehead atoms. The van der Waals surface area contributed by atoms with Gasteiger partial charge >= 0.3 is 0 Å². The average molecular weight is 395 g/mol. The average Bonchev–Trinajstić information content (AvgIpc) is 2.57. The number of carbonyl (C=O) groups is 2. The molecule has 0 heterocycles.